The summed E-state index contributed by atoms with van der Waals surface area (Å²) in [5.74, 6) is -0.0746. The Bertz CT molecular complexity index is 238. The van der Waals surface area contributed by atoms with Gasteiger partial charge in [-0.1, -0.05) is 11.6 Å². The number of hydrogen-bond acceptors (Lipinski definition) is 3. The Morgan fingerprint density at radius 1 is 1.62 bits per heavy atom. The lowest BCUT2D eigenvalue weighted by Gasteiger charge is -1.86. The van der Waals surface area contributed by atoms with Gasteiger partial charge in [-0.2, -0.15) is 0 Å². The van der Waals surface area contributed by atoms with Crippen molar-refractivity contribution in [2.75, 3.05) is 5.73 Å². The Balaban J connectivity index is 3.34. The molecular formula is C4H4ClN3. The molecule has 0 amide bonds. The minimum absolute atomic E-state index is 0.0746. The minimum atomic E-state index is -0.186. The molecule has 0 saturated carbocycles. The van der Waals surface area contributed by atoms with Crippen LogP contribution in [0, 0.1) is 0 Å². The van der Waals surface area contributed by atoms with Crippen LogP contribution in [-0.2, 0) is 0 Å². The summed E-state index contributed by atoms with van der Waals surface area (Å²) in [6.45, 7) is 0. The zero-order valence-electron chi connectivity index (χ0n) is 5.85. The standard InChI is InChI=1S/C4H4ClN3/c5-3-1-2-4(6)8-7-3/h1-2H,(H2,6,8)/i1D,2D. The van der Waals surface area contributed by atoms with Crippen molar-refractivity contribution in [2.24, 2.45) is 0 Å². The number of nitrogens with two attached hydrogens (primary N) is 1. The van der Waals surface area contributed by atoms with Crippen LogP contribution in [-0.4, -0.2) is 10.2 Å². The quantitative estimate of drug-likeness (QED) is 0.564. The van der Waals surface area contributed by atoms with Crippen LogP contribution in [0.3, 0.4) is 0 Å². The van der Waals surface area contributed by atoms with E-state index in [4.69, 9.17) is 20.1 Å². The van der Waals surface area contributed by atoms with Gasteiger partial charge in [-0.05, 0) is 12.1 Å². The van der Waals surface area contributed by atoms with Gasteiger partial charge in [-0.15, -0.1) is 10.2 Å². The molecule has 0 atom stereocenters. The van der Waals surface area contributed by atoms with Gasteiger partial charge in [0.15, 0.2) is 5.15 Å². The van der Waals surface area contributed by atoms with E-state index in [0.29, 0.717) is 0 Å². The van der Waals surface area contributed by atoms with E-state index in [2.05, 4.69) is 10.2 Å². The van der Waals surface area contributed by atoms with E-state index in [1.807, 2.05) is 0 Å². The van der Waals surface area contributed by atoms with Crippen LogP contribution >= 0.6 is 11.6 Å². The molecule has 4 heteroatoms. The van der Waals surface area contributed by atoms with Crippen LogP contribution in [0.4, 0.5) is 5.82 Å². The predicted molar refractivity (Wildman–Crippen MR) is 31.5 cm³/mol. The van der Waals surface area contributed by atoms with Gasteiger partial charge in [0.05, 0.1) is 2.74 Å². The smallest absolute Gasteiger partial charge is 0.151 e. The van der Waals surface area contributed by atoms with Crippen molar-refractivity contribution in [1.29, 1.82) is 0 Å². The van der Waals surface area contributed by atoms with Crippen LogP contribution in [0.2, 0.25) is 5.15 Å². The highest BCUT2D eigenvalue weighted by atomic mass is 35.5. The third-order valence-corrected chi connectivity index (χ3v) is 0.709. The predicted octanol–water partition coefficient (Wildman–Crippen LogP) is 0.712. The number of halogens is 1. The van der Waals surface area contributed by atoms with E-state index >= 15 is 0 Å². The maximum atomic E-state index is 7.09. The maximum Gasteiger partial charge on any atom is 0.151 e. The van der Waals surface area contributed by atoms with Crippen molar-refractivity contribution in [3.05, 3.63) is 17.2 Å². The summed E-state index contributed by atoms with van der Waals surface area (Å²) in [5.41, 5.74) is 5.15. The van der Waals surface area contributed by atoms with Crippen LogP contribution in [0.25, 0.3) is 0 Å². The SMILES string of the molecule is [2H]c1c(N)nnc(Cl)c1[2H]. The summed E-state index contributed by atoms with van der Waals surface area (Å²) in [6, 6.07) is -0.367. The van der Waals surface area contributed by atoms with Crippen molar-refractivity contribution >= 4 is 17.4 Å². The third-order valence-electron chi connectivity index (χ3n) is 0.539. The summed E-state index contributed by atoms with van der Waals surface area (Å²) in [7, 11) is 0. The molecule has 0 bridgehead atoms. The fraction of sp³-hybridized carbons (Fsp3) is 0. The van der Waals surface area contributed by atoms with E-state index in [-0.39, 0.29) is 23.1 Å². The summed E-state index contributed by atoms with van der Waals surface area (Å²) in [5, 5.41) is 6.55. The van der Waals surface area contributed by atoms with Crippen LogP contribution in [0.5, 0.6) is 0 Å². The van der Waals surface area contributed by atoms with E-state index < -0.39 is 0 Å². The average molecular weight is 132 g/mol. The Morgan fingerprint density at radius 2 is 2.38 bits per heavy atom. The van der Waals surface area contributed by atoms with Crippen molar-refractivity contribution < 1.29 is 2.74 Å². The molecule has 8 heavy (non-hydrogen) atoms. The first-order chi connectivity index (χ1) is 4.63. The largest absolute Gasteiger partial charge is 0.382 e. The lowest BCUT2D eigenvalue weighted by molar-refractivity contribution is 1.04. The van der Waals surface area contributed by atoms with Crippen molar-refractivity contribution in [1.82, 2.24) is 10.2 Å². The molecule has 0 aromatic carbocycles. The van der Waals surface area contributed by atoms with Gasteiger partial charge in [-0.3, -0.25) is 0 Å². The van der Waals surface area contributed by atoms with Gasteiger partial charge in [0.2, 0.25) is 0 Å². The van der Waals surface area contributed by atoms with E-state index in [1.54, 1.807) is 0 Å². The van der Waals surface area contributed by atoms with E-state index in [0.717, 1.165) is 0 Å². The molecule has 1 rings (SSSR count). The van der Waals surface area contributed by atoms with Gasteiger partial charge < -0.3 is 5.73 Å². The number of nitrogens with zero attached hydrogens (tertiary/aromatic N) is 2. The van der Waals surface area contributed by atoms with Crippen LogP contribution in [0.1, 0.15) is 2.74 Å². The van der Waals surface area contributed by atoms with Gasteiger partial charge in [-0.25, -0.2) is 0 Å². The molecule has 0 spiro atoms. The fourth-order valence-corrected chi connectivity index (χ4v) is 0.348. The molecule has 42 valence electrons. The lowest BCUT2D eigenvalue weighted by atomic mass is 10.5. The Hall–Kier alpha value is -0.830. The molecule has 0 unspecified atom stereocenters. The van der Waals surface area contributed by atoms with Gasteiger partial charge in [0, 0.05) is 0 Å². The highest BCUT2D eigenvalue weighted by molar-refractivity contribution is 6.29. The molecule has 0 radical (unpaired) electrons. The zero-order valence-corrected chi connectivity index (χ0v) is 4.61. The molecule has 0 fully saturated rings. The topological polar surface area (TPSA) is 51.8 Å². The maximum absolute atomic E-state index is 7.09. The number of rotatable bonds is 0. The zero-order chi connectivity index (χ0) is 7.72. The second kappa shape index (κ2) is 1.96. The first kappa shape index (κ1) is 3.25. The molecule has 1 aromatic rings. The Kier molecular flexibility index (Phi) is 0.796. The van der Waals surface area contributed by atoms with E-state index in [1.165, 1.54) is 0 Å². The molecule has 0 aliphatic heterocycles. The molecule has 0 aliphatic carbocycles. The van der Waals surface area contributed by atoms with E-state index in [9.17, 15) is 0 Å². The monoisotopic (exact) mass is 131 g/mol. The highest BCUT2D eigenvalue weighted by Crippen LogP contribution is 2.01. The van der Waals surface area contributed by atoms with Gasteiger partial charge in [0.1, 0.15) is 5.82 Å². The minimum Gasteiger partial charge on any atom is -0.382 e. The highest BCUT2D eigenvalue weighted by Gasteiger charge is 1.85. The molecule has 3 nitrogen and oxygen atoms in total. The second-order valence-corrected chi connectivity index (χ2v) is 1.48. The third kappa shape index (κ3) is 1.07. The fourth-order valence-electron chi connectivity index (χ4n) is 0.263. The lowest BCUT2D eigenvalue weighted by Crippen LogP contribution is -1.90. The second-order valence-electron chi connectivity index (χ2n) is 1.13. The van der Waals surface area contributed by atoms with Crippen molar-refractivity contribution in [3.63, 3.8) is 0 Å². The first-order valence-electron chi connectivity index (χ1n) is 2.87. The summed E-state index contributed by atoms with van der Waals surface area (Å²) >= 11 is 5.35. The first-order valence-corrected chi connectivity index (χ1v) is 2.25. The number of hydrogen-bond donors (Lipinski definition) is 1. The van der Waals surface area contributed by atoms with Crippen molar-refractivity contribution in [2.45, 2.75) is 0 Å². The molecule has 1 heterocycles. The molecular weight excluding hydrogens is 126 g/mol. The number of aromatic nitrogens is 2. The van der Waals surface area contributed by atoms with Gasteiger partial charge >= 0.3 is 0 Å². The summed E-state index contributed by atoms with van der Waals surface area (Å²) < 4.78 is 14.2. The number of nitrogen functional groups attached to an aromatic ring is 1. The van der Waals surface area contributed by atoms with Crippen molar-refractivity contribution in [3.8, 4) is 0 Å². The average Bonchev–Trinajstić information content (AvgIpc) is 1.93. The molecule has 1 aromatic heterocycles. The van der Waals surface area contributed by atoms with Crippen LogP contribution < -0.4 is 5.73 Å². The van der Waals surface area contributed by atoms with Gasteiger partial charge in [0.25, 0.3) is 0 Å². The van der Waals surface area contributed by atoms with Crippen LogP contribution in [0.15, 0.2) is 12.1 Å². The Labute approximate surface area is 54.3 Å². The summed E-state index contributed by atoms with van der Waals surface area (Å²) in [6.07, 6.45) is 0. The molecule has 0 saturated heterocycles. The molecule has 2 N–H and O–H groups in total. The summed E-state index contributed by atoms with van der Waals surface area (Å²) in [4.78, 5) is 0. The number of anilines is 1. The normalized spacial score (nSPS) is 12.6. The molecule has 0 aliphatic rings. The Morgan fingerprint density at radius 3 is 3.00 bits per heavy atom.